The summed E-state index contributed by atoms with van der Waals surface area (Å²) in [5, 5.41) is 20.9. The molecule has 0 bridgehead atoms. The zero-order valence-electron chi connectivity index (χ0n) is 14.2. The van der Waals surface area contributed by atoms with Crippen LogP contribution in [0.25, 0.3) is 0 Å². The highest BCUT2D eigenvalue weighted by molar-refractivity contribution is 7.86. The van der Waals surface area contributed by atoms with Crippen molar-refractivity contribution in [3.63, 3.8) is 0 Å². The molecule has 5 atom stereocenters. The molecule has 1 saturated heterocycles. The minimum absolute atomic E-state index is 0.0625. The van der Waals surface area contributed by atoms with Gasteiger partial charge in [0.1, 0.15) is 11.9 Å². The van der Waals surface area contributed by atoms with E-state index in [0.717, 1.165) is 5.56 Å². The van der Waals surface area contributed by atoms with E-state index in [9.17, 15) is 23.2 Å². The van der Waals surface area contributed by atoms with Crippen LogP contribution in [0.5, 0.6) is 11.6 Å². The molecule has 1 aliphatic rings. The van der Waals surface area contributed by atoms with Gasteiger partial charge >= 0.3 is 0 Å². The first-order valence-electron chi connectivity index (χ1n) is 8.04. The number of aliphatic hydroxyl groups excluding tert-OH is 2. The van der Waals surface area contributed by atoms with Gasteiger partial charge in [0.05, 0.1) is 0 Å². The third-order valence-electron chi connectivity index (χ3n) is 3.94. The van der Waals surface area contributed by atoms with Gasteiger partial charge in [-0.15, -0.1) is 0 Å². The van der Waals surface area contributed by atoms with E-state index in [1.807, 2.05) is 0 Å². The van der Waals surface area contributed by atoms with Crippen molar-refractivity contribution in [2.45, 2.75) is 37.0 Å². The molecule has 3 rings (SSSR count). The molecule has 2 aromatic rings. The van der Waals surface area contributed by atoms with Crippen molar-refractivity contribution in [2.75, 3.05) is 0 Å². The molecule has 1 aromatic carbocycles. The van der Waals surface area contributed by atoms with Gasteiger partial charge in [0.2, 0.25) is 17.6 Å². The number of aryl methyl sites for hydroxylation is 1. The molecule has 1 aromatic heterocycles. The molecule has 0 amide bonds. The van der Waals surface area contributed by atoms with E-state index < -0.39 is 40.2 Å². The van der Waals surface area contributed by atoms with Crippen LogP contribution in [0.4, 0.5) is 0 Å². The zero-order chi connectivity index (χ0) is 19.6. The quantitative estimate of drug-likeness (QED) is 0.617. The summed E-state index contributed by atoms with van der Waals surface area (Å²) in [6.07, 6.45) is -4.99. The largest absolute Gasteiger partial charge is 0.468 e. The van der Waals surface area contributed by atoms with Gasteiger partial charge in [-0.25, -0.2) is 4.98 Å². The summed E-state index contributed by atoms with van der Waals surface area (Å²) >= 11 is 0. The smallest absolute Gasteiger partial charge is 0.295 e. The van der Waals surface area contributed by atoms with Crippen molar-refractivity contribution in [2.24, 2.45) is 0 Å². The van der Waals surface area contributed by atoms with Gasteiger partial charge in [-0.2, -0.15) is 8.42 Å². The third kappa shape index (κ3) is 4.54. The molecule has 0 saturated carbocycles. The summed E-state index contributed by atoms with van der Waals surface area (Å²) in [6, 6.07) is 11.5. The second-order valence-corrected chi connectivity index (χ2v) is 7.55. The molecule has 3 N–H and O–H groups in total. The molecule has 10 heteroatoms. The minimum Gasteiger partial charge on any atom is -0.468 e. The summed E-state index contributed by atoms with van der Waals surface area (Å²) in [5.41, 5.74) is -1.26. The molecule has 1 unspecified atom stereocenters. The average Bonchev–Trinajstić information content (AvgIpc) is 2.61. The lowest BCUT2D eigenvalue weighted by atomic mass is 10.0. The molecule has 146 valence electrons. The number of hydrogen-bond donors (Lipinski definition) is 3. The van der Waals surface area contributed by atoms with Gasteiger partial charge < -0.3 is 24.4 Å². The van der Waals surface area contributed by atoms with Crippen LogP contribution in [0.3, 0.4) is 0 Å². The molecular formula is C17H19NO8S. The molecule has 9 nitrogen and oxygen atoms in total. The number of rotatable bonds is 5. The van der Waals surface area contributed by atoms with Crippen molar-refractivity contribution in [3.8, 4) is 11.6 Å². The van der Waals surface area contributed by atoms with Gasteiger partial charge in [0, 0.05) is 12.3 Å². The molecule has 1 fully saturated rings. The highest BCUT2D eigenvalue weighted by Gasteiger charge is 2.52. The Labute approximate surface area is 155 Å². The molecule has 2 heterocycles. The maximum atomic E-state index is 11.6. The van der Waals surface area contributed by atoms with E-state index in [1.165, 1.54) is 6.20 Å². The molecule has 0 spiro atoms. The highest BCUT2D eigenvalue weighted by atomic mass is 32.2. The van der Waals surface area contributed by atoms with Crippen LogP contribution >= 0.6 is 0 Å². The van der Waals surface area contributed by atoms with E-state index in [4.69, 9.17) is 14.2 Å². The first-order valence-corrected chi connectivity index (χ1v) is 9.55. The first-order chi connectivity index (χ1) is 12.8. The fourth-order valence-corrected chi connectivity index (χ4v) is 3.39. The monoisotopic (exact) mass is 397 g/mol. The Kier molecular flexibility index (Phi) is 5.63. The van der Waals surface area contributed by atoms with Crippen LogP contribution in [-0.2, 0) is 14.9 Å². The fraction of sp³-hybridized carbons (Fsp3) is 0.353. The Morgan fingerprint density at radius 2 is 1.78 bits per heavy atom. The number of ether oxygens (including phenoxy) is 3. The number of aliphatic hydroxyl groups is 2. The van der Waals surface area contributed by atoms with Crippen LogP contribution in [0.2, 0.25) is 0 Å². The number of benzene rings is 1. The SMILES string of the molecule is Cc1ccnc(O[C@@H]2[C@@H](O)[C@H](Oc3ccccc3)OC(S(=O)(=O)O)[C@H]2O)c1. The Morgan fingerprint density at radius 3 is 2.41 bits per heavy atom. The van der Waals surface area contributed by atoms with E-state index in [-0.39, 0.29) is 5.88 Å². The van der Waals surface area contributed by atoms with Gasteiger partial charge in [0.15, 0.2) is 12.2 Å². The third-order valence-corrected chi connectivity index (χ3v) is 4.91. The second-order valence-electron chi connectivity index (χ2n) is 6.05. The van der Waals surface area contributed by atoms with Crippen LogP contribution in [0.15, 0.2) is 48.7 Å². The standard InChI is InChI=1S/C17H19NO8S/c1-10-7-8-18-12(9-10)25-15-13(19)16(24-11-5-3-2-4-6-11)26-17(14(15)20)27(21,22)23/h2-9,13-17,19-20H,1H3,(H,21,22,23)/t13-,14+,15-,16-,17?/m1/s1. The molecular weight excluding hydrogens is 378 g/mol. The Hall–Kier alpha value is -2.24. The summed E-state index contributed by atoms with van der Waals surface area (Å²) < 4.78 is 48.7. The lowest BCUT2D eigenvalue weighted by Crippen LogP contribution is -2.62. The molecule has 0 aliphatic carbocycles. The summed E-state index contributed by atoms with van der Waals surface area (Å²) in [5.74, 6) is 0.354. The number of pyridine rings is 1. The first kappa shape index (κ1) is 19.5. The van der Waals surface area contributed by atoms with Crippen LogP contribution in [0.1, 0.15) is 5.56 Å². The summed E-state index contributed by atoms with van der Waals surface area (Å²) in [6.45, 7) is 1.79. The van der Waals surface area contributed by atoms with Crippen molar-refractivity contribution in [1.29, 1.82) is 0 Å². The van der Waals surface area contributed by atoms with Crippen molar-refractivity contribution in [3.05, 3.63) is 54.2 Å². The average molecular weight is 397 g/mol. The molecule has 1 aliphatic heterocycles. The number of aromatic nitrogens is 1. The van der Waals surface area contributed by atoms with E-state index in [1.54, 1.807) is 49.4 Å². The second kappa shape index (κ2) is 7.79. The maximum absolute atomic E-state index is 11.6. The number of hydrogen-bond acceptors (Lipinski definition) is 8. The lowest BCUT2D eigenvalue weighted by Gasteiger charge is -2.40. The normalized spacial score (nSPS) is 28.5. The maximum Gasteiger partial charge on any atom is 0.295 e. The van der Waals surface area contributed by atoms with Crippen LogP contribution < -0.4 is 9.47 Å². The molecule has 0 radical (unpaired) electrons. The van der Waals surface area contributed by atoms with Crippen molar-refractivity contribution in [1.82, 2.24) is 4.98 Å². The fourth-order valence-electron chi connectivity index (χ4n) is 2.63. The van der Waals surface area contributed by atoms with Crippen LogP contribution in [-0.4, -0.2) is 58.2 Å². The van der Waals surface area contributed by atoms with Gasteiger partial charge in [-0.05, 0) is 30.7 Å². The predicted molar refractivity (Wildman–Crippen MR) is 92.7 cm³/mol. The predicted octanol–water partition coefficient (Wildman–Crippen LogP) is 0.508. The van der Waals surface area contributed by atoms with E-state index in [2.05, 4.69) is 4.98 Å². The van der Waals surface area contributed by atoms with Crippen molar-refractivity contribution >= 4 is 10.1 Å². The van der Waals surface area contributed by atoms with E-state index >= 15 is 0 Å². The number of nitrogens with zero attached hydrogens (tertiary/aromatic N) is 1. The highest BCUT2D eigenvalue weighted by Crippen LogP contribution is 2.29. The van der Waals surface area contributed by atoms with Gasteiger partial charge in [-0.1, -0.05) is 18.2 Å². The lowest BCUT2D eigenvalue weighted by molar-refractivity contribution is -0.249. The molecule has 27 heavy (non-hydrogen) atoms. The minimum atomic E-state index is -4.82. The topological polar surface area (TPSA) is 135 Å². The van der Waals surface area contributed by atoms with Gasteiger partial charge in [0.25, 0.3) is 10.1 Å². The Bertz CT molecular complexity index is 876. The van der Waals surface area contributed by atoms with Gasteiger partial charge in [-0.3, -0.25) is 4.55 Å². The Balaban J connectivity index is 1.89. The van der Waals surface area contributed by atoms with Crippen molar-refractivity contribution < 1.29 is 37.4 Å². The number of para-hydroxylation sites is 1. The summed E-state index contributed by atoms with van der Waals surface area (Å²) in [4.78, 5) is 3.96. The Morgan fingerprint density at radius 1 is 1.07 bits per heavy atom. The van der Waals surface area contributed by atoms with Crippen LogP contribution in [0, 0.1) is 6.92 Å². The summed E-state index contributed by atoms with van der Waals surface area (Å²) in [7, 11) is -4.82. The van der Waals surface area contributed by atoms with E-state index in [0.29, 0.717) is 5.75 Å². The zero-order valence-corrected chi connectivity index (χ0v) is 15.1.